The molecular weight excluding hydrogens is 340 g/mol. The lowest BCUT2D eigenvalue weighted by Gasteiger charge is -2.20. The summed E-state index contributed by atoms with van der Waals surface area (Å²) in [6, 6.07) is 7.80. The second-order valence-corrected chi connectivity index (χ2v) is 6.89. The third-order valence-electron chi connectivity index (χ3n) is 5.02. The normalized spacial score (nSPS) is 15.0. The Balaban J connectivity index is 1.34. The molecule has 2 N–H and O–H groups in total. The van der Waals surface area contributed by atoms with Crippen molar-refractivity contribution in [2.45, 2.75) is 32.1 Å². The van der Waals surface area contributed by atoms with Crippen molar-refractivity contribution in [3.05, 3.63) is 42.9 Å². The highest BCUT2D eigenvalue weighted by molar-refractivity contribution is 5.78. The predicted molar refractivity (Wildman–Crippen MR) is 105 cm³/mol. The Labute approximate surface area is 158 Å². The van der Waals surface area contributed by atoms with Crippen LogP contribution in [0.1, 0.15) is 32.1 Å². The first kappa shape index (κ1) is 17.5. The van der Waals surface area contributed by atoms with Crippen molar-refractivity contribution in [1.29, 1.82) is 0 Å². The fraction of sp³-hybridized carbons (Fsp3) is 0.400. The summed E-state index contributed by atoms with van der Waals surface area (Å²) >= 11 is 0. The van der Waals surface area contributed by atoms with E-state index in [0.717, 1.165) is 29.7 Å². The molecule has 3 heterocycles. The molecule has 1 aliphatic carbocycles. The van der Waals surface area contributed by atoms with Crippen LogP contribution >= 0.6 is 0 Å². The van der Waals surface area contributed by atoms with Crippen LogP contribution in [0.25, 0.3) is 16.9 Å². The molecule has 0 aromatic carbocycles. The van der Waals surface area contributed by atoms with Gasteiger partial charge in [-0.1, -0.05) is 19.3 Å². The van der Waals surface area contributed by atoms with E-state index in [0.29, 0.717) is 19.0 Å². The molecule has 1 fully saturated rings. The van der Waals surface area contributed by atoms with Crippen molar-refractivity contribution in [3.63, 3.8) is 0 Å². The number of aromatic nitrogens is 4. The molecule has 3 aromatic rings. The van der Waals surface area contributed by atoms with Gasteiger partial charge >= 0.3 is 0 Å². The first-order valence-electron chi connectivity index (χ1n) is 9.58. The fourth-order valence-corrected chi connectivity index (χ4v) is 3.59. The number of anilines is 1. The lowest BCUT2D eigenvalue weighted by Crippen LogP contribution is -2.35. The second-order valence-electron chi connectivity index (χ2n) is 6.89. The number of hydrogen-bond acceptors (Lipinski definition) is 5. The lowest BCUT2D eigenvalue weighted by atomic mass is 9.89. The highest BCUT2D eigenvalue weighted by Crippen LogP contribution is 2.23. The maximum Gasteiger partial charge on any atom is 0.224 e. The van der Waals surface area contributed by atoms with Crippen molar-refractivity contribution in [2.24, 2.45) is 5.92 Å². The Kier molecular flexibility index (Phi) is 5.27. The number of hydrogen-bond donors (Lipinski definition) is 2. The van der Waals surface area contributed by atoms with E-state index in [1.54, 1.807) is 12.4 Å². The lowest BCUT2D eigenvalue weighted by molar-refractivity contribution is -0.125. The molecule has 140 valence electrons. The SMILES string of the molecule is O=C(NCCNc1nccc(-n2ccc3cccnc32)n1)C1CCCCC1. The van der Waals surface area contributed by atoms with Crippen LogP contribution < -0.4 is 10.6 Å². The third-order valence-corrected chi connectivity index (χ3v) is 5.02. The van der Waals surface area contributed by atoms with Gasteiger partial charge in [-0.2, -0.15) is 4.98 Å². The van der Waals surface area contributed by atoms with Crippen LogP contribution in [0, 0.1) is 5.92 Å². The molecule has 3 aromatic heterocycles. The molecule has 7 nitrogen and oxygen atoms in total. The molecule has 1 aliphatic rings. The molecule has 7 heteroatoms. The molecule has 0 saturated heterocycles. The van der Waals surface area contributed by atoms with Gasteiger partial charge in [-0.15, -0.1) is 0 Å². The van der Waals surface area contributed by atoms with Gasteiger partial charge in [0.2, 0.25) is 11.9 Å². The van der Waals surface area contributed by atoms with Crippen LogP contribution in [-0.2, 0) is 4.79 Å². The van der Waals surface area contributed by atoms with E-state index in [1.807, 2.05) is 35.0 Å². The summed E-state index contributed by atoms with van der Waals surface area (Å²) in [4.78, 5) is 25.4. The van der Waals surface area contributed by atoms with Crippen molar-refractivity contribution in [2.75, 3.05) is 18.4 Å². The highest BCUT2D eigenvalue weighted by atomic mass is 16.1. The van der Waals surface area contributed by atoms with Crippen LogP contribution in [0.4, 0.5) is 5.95 Å². The predicted octanol–water partition coefficient (Wildman–Crippen LogP) is 2.92. The Hall–Kier alpha value is -2.96. The van der Waals surface area contributed by atoms with Gasteiger partial charge in [0.05, 0.1) is 0 Å². The van der Waals surface area contributed by atoms with E-state index >= 15 is 0 Å². The van der Waals surface area contributed by atoms with E-state index in [2.05, 4.69) is 25.6 Å². The van der Waals surface area contributed by atoms with Gasteiger partial charge in [-0.3, -0.25) is 9.36 Å². The minimum Gasteiger partial charge on any atom is -0.354 e. The number of pyridine rings is 1. The van der Waals surface area contributed by atoms with Crippen LogP contribution in [0.5, 0.6) is 0 Å². The summed E-state index contributed by atoms with van der Waals surface area (Å²) in [7, 11) is 0. The van der Waals surface area contributed by atoms with Crippen molar-refractivity contribution < 1.29 is 4.79 Å². The standard InChI is InChI=1S/C20H24N6O/c27-19(16-5-2-1-3-6-16)22-12-13-24-20-23-11-8-17(25-20)26-14-9-15-7-4-10-21-18(15)26/h4,7-11,14,16H,1-3,5-6,12-13H2,(H,22,27)(H,23,24,25). The van der Waals surface area contributed by atoms with Gasteiger partial charge in [-0.05, 0) is 37.1 Å². The average Bonchev–Trinajstić information content (AvgIpc) is 3.16. The monoisotopic (exact) mass is 364 g/mol. The summed E-state index contributed by atoms with van der Waals surface area (Å²) < 4.78 is 1.94. The molecular formula is C20H24N6O. The number of carbonyl (C=O) groups is 1. The maximum absolute atomic E-state index is 12.2. The van der Waals surface area contributed by atoms with Crippen molar-refractivity contribution in [3.8, 4) is 5.82 Å². The largest absolute Gasteiger partial charge is 0.354 e. The van der Waals surface area contributed by atoms with E-state index in [-0.39, 0.29) is 11.8 Å². The summed E-state index contributed by atoms with van der Waals surface area (Å²) in [6.45, 7) is 1.16. The molecule has 0 bridgehead atoms. The van der Waals surface area contributed by atoms with Crippen molar-refractivity contribution >= 4 is 22.9 Å². The Bertz CT molecular complexity index is 915. The quantitative estimate of drug-likeness (QED) is 0.657. The van der Waals surface area contributed by atoms with Crippen molar-refractivity contribution in [1.82, 2.24) is 24.8 Å². The minimum absolute atomic E-state index is 0.177. The number of rotatable bonds is 6. The molecule has 0 radical (unpaired) electrons. The number of nitrogens with zero attached hydrogens (tertiary/aromatic N) is 4. The molecule has 0 spiro atoms. The number of carbonyl (C=O) groups excluding carboxylic acids is 1. The Morgan fingerprint density at radius 1 is 1.07 bits per heavy atom. The first-order chi connectivity index (χ1) is 13.3. The smallest absolute Gasteiger partial charge is 0.224 e. The fourth-order valence-electron chi connectivity index (χ4n) is 3.59. The highest BCUT2D eigenvalue weighted by Gasteiger charge is 2.20. The van der Waals surface area contributed by atoms with E-state index in [9.17, 15) is 4.79 Å². The zero-order chi connectivity index (χ0) is 18.5. The van der Waals surface area contributed by atoms with Gasteiger partial charge in [0, 0.05) is 43.0 Å². The molecule has 4 rings (SSSR count). The zero-order valence-corrected chi connectivity index (χ0v) is 15.3. The Morgan fingerprint density at radius 3 is 2.85 bits per heavy atom. The topological polar surface area (TPSA) is 84.7 Å². The molecule has 0 atom stereocenters. The summed E-state index contributed by atoms with van der Waals surface area (Å²) in [5, 5.41) is 7.27. The second kappa shape index (κ2) is 8.16. The molecule has 0 unspecified atom stereocenters. The van der Waals surface area contributed by atoms with Gasteiger partial charge in [0.1, 0.15) is 11.5 Å². The van der Waals surface area contributed by atoms with E-state index < -0.39 is 0 Å². The molecule has 0 aliphatic heterocycles. The maximum atomic E-state index is 12.2. The first-order valence-corrected chi connectivity index (χ1v) is 9.58. The van der Waals surface area contributed by atoms with Crippen LogP contribution in [0.15, 0.2) is 42.9 Å². The summed E-state index contributed by atoms with van der Waals surface area (Å²) in [6.07, 6.45) is 11.1. The van der Waals surface area contributed by atoms with Crippen LogP contribution in [0.2, 0.25) is 0 Å². The van der Waals surface area contributed by atoms with Gasteiger partial charge in [-0.25, -0.2) is 9.97 Å². The Morgan fingerprint density at radius 2 is 1.96 bits per heavy atom. The number of amides is 1. The number of fused-ring (bicyclic) bond motifs is 1. The molecule has 1 amide bonds. The van der Waals surface area contributed by atoms with Crippen LogP contribution in [-0.4, -0.2) is 38.5 Å². The zero-order valence-electron chi connectivity index (χ0n) is 15.3. The van der Waals surface area contributed by atoms with E-state index in [1.165, 1.54) is 19.3 Å². The number of nitrogens with one attached hydrogen (secondary N) is 2. The molecule has 27 heavy (non-hydrogen) atoms. The van der Waals surface area contributed by atoms with Gasteiger partial charge in [0.15, 0.2) is 0 Å². The molecule has 1 saturated carbocycles. The van der Waals surface area contributed by atoms with Gasteiger partial charge in [0.25, 0.3) is 0 Å². The van der Waals surface area contributed by atoms with Gasteiger partial charge < -0.3 is 10.6 Å². The summed E-state index contributed by atoms with van der Waals surface area (Å²) in [5.41, 5.74) is 0.863. The van der Waals surface area contributed by atoms with Crippen LogP contribution in [0.3, 0.4) is 0 Å². The summed E-state index contributed by atoms with van der Waals surface area (Å²) in [5.74, 6) is 1.66. The van der Waals surface area contributed by atoms with E-state index in [4.69, 9.17) is 0 Å². The third kappa shape index (κ3) is 4.07. The average molecular weight is 364 g/mol. The minimum atomic E-state index is 0.177.